The van der Waals surface area contributed by atoms with Crippen LogP contribution in [0.4, 0.5) is 0 Å². The highest BCUT2D eigenvalue weighted by Gasteiger charge is 3.06. The van der Waals surface area contributed by atoms with Crippen LogP contribution in [0.2, 0.25) is 0 Å². The summed E-state index contributed by atoms with van der Waals surface area (Å²) in [6, 6.07) is 4.80. The van der Waals surface area contributed by atoms with Crippen LogP contribution in [-0.2, 0) is 31.9 Å². The fourth-order valence-corrected chi connectivity index (χ4v) is 44.7. The summed E-state index contributed by atoms with van der Waals surface area (Å²) in [4.78, 5) is 57.2. The Labute approximate surface area is 686 Å². The average molecular weight is 1620 g/mol. The van der Waals surface area contributed by atoms with E-state index in [-0.39, 0.29) is 97.5 Å². The van der Waals surface area contributed by atoms with Gasteiger partial charge in [0.15, 0.2) is 0 Å². The first-order valence-electron chi connectivity index (χ1n) is 44.5. The summed E-state index contributed by atoms with van der Waals surface area (Å²) < 4.78 is 18.0. The molecule has 4 spiro atoms. The van der Waals surface area contributed by atoms with E-state index in [1.54, 1.807) is 36.4 Å². The number of aliphatic carboxylic acids is 2. The number of aromatic hydroxyl groups is 2. The van der Waals surface area contributed by atoms with Crippen LogP contribution in [0.3, 0.4) is 0 Å². The summed E-state index contributed by atoms with van der Waals surface area (Å²) in [5, 5.41) is 227. The molecule has 0 bridgehead atoms. The van der Waals surface area contributed by atoms with E-state index >= 15 is 24.9 Å². The summed E-state index contributed by atoms with van der Waals surface area (Å²) in [7, 11) is 0. The van der Waals surface area contributed by atoms with Crippen molar-refractivity contribution in [1.82, 2.24) is 0 Å². The molecule has 42 atom stereocenters. The Kier molecular flexibility index (Phi) is 8.05. The molecule has 2 saturated heterocycles. The van der Waals surface area contributed by atoms with Gasteiger partial charge in [0.05, 0.1) is 33.5 Å². The minimum Gasteiger partial charge on any atom is -0.507 e. The van der Waals surface area contributed by atoms with E-state index in [1.807, 2.05) is 18.2 Å². The first kappa shape index (κ1) is 61.6. The highest BCUT2D eigenvalue weighted by Crippen LogP contribution is 3.02. The van der Waals surface area contributed by atoms with Crippen LogP contribution in [0.25, 0.3) is 22.9 Å². The van der Waals surface area contributed by atoms with Crippen molar-refractivity contribution in [3.63, 3.8) is 0 Å². The molecule has 122 heavy (non-hydrogen) atoms. The van der Waals surface area contributed by atoms with Gasteiger partial charge in [-0.15, -0.1) is 0 Å². The molecule has 2 aliphatic heterocycles. The number of aliphatic hydroxyl groups excluding tert-OH is 6. The van der Waals surface area contributed by atoms with Crippen LogP contribution < -0.4 is 0 Å². The van der Waals surface area contributed by atoms with E-state index < -0.39 is 281 Å². The van der Waals surface area contributed by atoms with Gasteiger partial charge in [-0.3, -0.25) is 0 Å². The van der Waals surface area contributed by atoms with Crippen molar-refractivity contribution in [2.75, 3.05) is 0 Å². The van der Waals surface area contributed by atoms with Crippen LogP contribution in [0.15, 0.2) is 179 Å². The summed E-state index contributed by atoms with van der Waals surface area (Å²) in [5.74, 6) is -33.3. The number of benzene rings is 4. The molecule has 38 rings (SSSR count). The molecular formula is C100H66O22. The number of phenols is 2. The molecule has 14 fully saturated rings. The summed E-state index contributed by atoms with van der Waals surface area (Å²) in [6.07, 6.45) is 15.1. The number of allylic oxidation sites excluding steroid dienone is 13. The van der Waals surface area contributed by atoms with Gasteiger partial charge in [-0.25, -0.2) is 19.2 Å². The fraction of sp³-hybridized carbons (Fsp3) is 0.440. The molecule has 22 heteroatoms. The lowest BCUT2D eigenvalue weighted by atomic mass is 9.14. The molecule has 0 aromatic heterocycles. The lowest BCUT2D eigenvalue weighted by molar-refractivity contribution is -0.425. The van der Waals surface area contributed by atoms with Crippen molar-refractivity contribution in [2.45, 2.75) is 87.2 Å². The van der Waals surface area contributed by atoms with E-state index in [2.05, 4.69) is 0 Å². The molecule has 42 unspecified atom stereocenters. The quantitative estimate of drug-likeness (QED) is 0.0845. The van der Waals surface area contributed by atoms with Gasteiger partial charge in [0, 0.05) is 152 Å². The Hall–Kier alpha value is -10.7. The standard InChI is InChI=1S/C100H66O22/c101-81-23-4-17(89(109)110)1-15-3-34-64-54(39(15)23)47-29(81)11-30-49-57-48-27(84(30)104)8-19-21(91(113)114)2-16-5-38-88(108)33-13-32-51-68-50-31(86(106)36-6-18(90(111)112)7-37(87(32)107)93(36,68)117)12-28-46-53-45-26(83(28)103)9-20-22(92(115)116)10-24-41-44(20)66(45)95(119)71-55(41)42-25(82(24)102)14-35(85(34)105)65-56(42)58-62(71)76-63-59-61-70(52(33)69(51)96(120,67(46)50)72(61)60(53)73(63)95)94(38,118)77-40(16)43(19)74(48)98(78(59)77)100(76,122-98)79(57)80(58)99(75(47)49)97(64,65)121-99/h1-7,9-10,12-14,41-42,44-46,50-53,55-56,58-80,101-108,117-120H,8,11H2,(H,109,110)(H,111,112)(H,113,114)(H,115,116). The molecule has 598 valence electrons. The third-order valence-corrected chi connectivity index (χ3v) is 44.7. The lowest BCUT2D eigenvalue weighted by Gasteiger charge is -2.89. The Bertz CT molecular complexity index is 7490. The van der Waals surface area contributed by atoms with Gasteiger partial charge in [0.1, 0.15) is 79.7 Å². The predicted octanol–water partition coefficient (Wildman–Crippen LogP) is 9.48. The number of hydrogen-bond acceptors (Lipinski definition) is 18. The second kappa shape index (κ2) is 16.0. The second-order valence-electron chi connectivity index (χ2n) is 44.8. The minimum absolute atomic E-state index is 0.0201. The molecule has 12 saturated carbocycles. The highest BCUT2D eigenvalue weighted by molar-refractivity contribution is 6.08. The number of aliphatic hydroxyl groups is 10. The zero-order valence-electron chi connectivity index (χ0n) is 63.6. The van der Waals surface area contributed by atoms with Gasteiger partial charge in [-0.2, -0.15) is 0 Å². The molecule has 16 N–H and O–H groups in total. The fourth-order valence-electron chi connectivity index (χ4n) is 44.7. The third kappa shape index (κ3) is 4.54. The van der Waals surface area contributed by atoms with Gasteiger partial charge in [-0.05, 0) is 285 Å². The molecule has 34 aliphatic rings. The highest BCUT2D eigenvalue weighted by atomic mass is 16.6. The maximum absolute atomic E-state index is 17.5. The monoisotopic (exact) mass is 1620 g/mol. The van der Waals surface area contributed by atoms with E-state index in [0.29, 0.717) is 94.3 Å². The van der Waals surface area contributed by atoms with Crippen LogP contribution in [0.5, 0.6) is 11.5 Å². The van der Waals surface area contributed by atoms with Crippen molar-refractivity contribution in [3.8, 4) is 11.5 Å². The zero-order valence-corrected chi connectivity index (χ0v) is 63.6. The van der Waals surface area contributed by atoms with E-state index in [0.717, 1.165) is 33.4 Å². The smallest absolute Gasteiger partial charge is 0.336 e. The van der Waals surface area contributed by atoms with Crippen molar-refractivity contribution in [1.29, 1.82) is 0 Å². The van der Waals surface area contributed by atoms with Gasteiger partial charge in [0.25, 0.3) is 0 Å². The largest absolute Gasteiger partial charge is 0.507 e. The number of rotatable bonds is 4. The maximum atomic E-state index is 17.5. The summed E-state index contributed by atoms with van der Waals surface area (Å²) >= 11 is 0. The lowest BCUT2D eigenvalue weighted by Crippen LogP contribution is -2.92. The second-order valence-corrected chi connectivity index (χ2v) is 44.8. The number of hydrogen-bond donors (Lipinski definition) is 16. The Morgan fingerprint density at radius 3 is 1.66 bits per heavy atom. The number of carboxylic acids is 4. The van der Waals surface area contributed by atoms with Crippen molar-refractivity contribution < 1.29 is 110 Å². The Morgan fingerprint density at radius 1 is 0.344 bits per heavy atom. The van der Waals surface area contributed by atoms with E-state index in [9.17, 15) is 80.7 Å². The molecule has 2 heterocycles. The number of carbonyl (C=O) groups is 4. The first-order chi connectivity index (χ1) is 58.7. The SMILES string of the molecule is O=C(O)C1=CC2=C(O)C3=CC4=C(O)C5=Cc6cc(C(=O)O)c7c8c6C6C9C%10C%11C(C4C4C3C3C%12C(=C(O)C(=C1)C23O)C=C1C(O)=C2C=C3C(C(=O)O)=CC%13=C(O)C%14=CC%15=C(O)C%16=Cc%17cc(C(=O)O)cc%18c(O)c%19c%20c(c%17%18)C%16C%16%17OC%16%18C%20c%16c(c(O)c(c%20c%16C%16C%18C%18C(C%14C%14C%13C3C3C2C2C1C%12C4(O)C%11C2C1C%10C(C%18C%14C31O)C%161OC91C8%20)C%15%17)C7)C%19)C56O. The van der Waals surface area contributed by atoms with Crippen molar-refractivity contribution in [3.05, 3.63) is 262 Å². The number of ether oxygens (including phenoxy) is 2. The summed E-state index contributed by atoms with van der Waals surface area (Å²) in [5.41, 5.74) is -1.70. The first-order valence-corrected chi connectivity index (χ1v) is 44.5. The maximum Gasteiger partial charge on any atom is 0.336 e. The molecule has 4 aromatic rings. The normalized spacial score (nSPS) is 54.8. The number of epoxide rings is 2. The zero-order chi connectivity index (χ0) is 80.3. The van der Waals surface area contributed by atoms with Gasteiger partial charge >= 0.3 is 23.9 Å². The third-order valence-electron chi connectivity index (χ3n) is 44.7. The van der Waals surface area contributed by atoms with Crippen molar-refractivity contribution in [2.24, 2.45) is 172 Å². The van der Waals surface area contributed by atoms with Gasteiger partial charge in [0.2, 0.25) is 0 Å². The van der Waals surface area contributed by atoms with Gasteiger partial charge < -0.3 is 91.2 Å². The van der Waals surface area contributed by atoms with Crippen LogP contribution in [0.1, 0.15) is 123 Å². The van der Waals surface area contributed by atoms with Crippen LogP contribution in [-0.4, -0.2) is 150 Å². The van der Waals surface area contributed by atoms with Crippen LogP contribution in [0, 0.1) is 172 Å². The number of carboxylic acid groups (broad SMARTS) is 4. The molecule has 4 aromatic carbocycles. The van der Waals surface area contributed by atoms with Crippen LogP contribution >= 0.6 is 0 Å². The van der Waals surface area contributed by atoms with E-state index in [1.165, 1.54) is 18.2 Å². The number of phenolic OH excluding ortho intramolecular Hbond substituents is 2. The molecule has 22 nitrogen and oxygen atoms in total. The topological polar surface area (TPSA) is 417 Å². The Balaban J connectivity index is 0.742. The average Bonchev–Trinajstić information content (AvgIpc) is 1.36. The van der Waals surface area contributed by atoms with Gasteiger partial charge in [-0.1, -0.05) is 6.08 Å². The summed E-state index contributed by atoms with van der Waals surface area (Å²) in [6.45, 7) is 0. The van der Waals surface area contributed by atoms with Crippen molar-refractivity contribution >= 4 is 46.8 Å². The predicted molar refractivity (Wildman–Crippen MR) is 411 cm³/mol. The molecule has 32 aliphatic carbocycles. The molecular weight excluding hydrogens is 1550 g/mol. The minimum atomic E-state index is -2.34. The molecule has 0 radical (unpaired) electrons. The Morgan fingerprint density at radius 2 is 0.926 bits per heavy atom. The molecule has 0 amide bonds. The number of aromatic carboxylic acids is 2. The van der Waals surface area contributed by atoms with E-state index in [4.69, 9.17) is 4.74 Å².